The summed E-state index contributed by atoms with van der Waals surface area (Å²) in [5, 5.41) is 4.02. The predicted molar refractivity (Wildman–Crippen MR) is 151 cm³/mol. The quantitative estimate of drug-likeness (QED) is 0.424. The summed E-state index contributed by atoms with van der Waals surface area (Å²) in [5.74, 6) is -0.994. The molecule has 0 radical (unpaired) electrons. The second-order valence-corrected chi connectivity index (χ2v) is 11.9. The number of carbonyl (C=O) groups is 3. The first kappa shape index (κ1) is 27.3. The fourth-order valence-corrected chi connectivity index (χ4v) is 6.93. The number of anilines is 1. The highest BCUT2D eigenvalue weighted by atomic mass is 32.1. The van der Waals surface area contributed by atoms with Gasteiger partial charge in [0.1, 0.15) is 5.00 Å². The number of hydrogen-bond donors (Lipinski definition) is 1. The Bertz CT molecular complexity index is 1450. The number of nitrogens with zero attached hydrogens (tertiary/aromatic N) is 2. The molecule has 1 aliphatic heterocycles. The Kier molecular flexibility index (Phi) is 7.73. The zero-order chi connectivity index (χ0) is 27.8. The van der Waals surface area contributed by atoms with Crippen LogP contribution in [0.15, 0.2) is 24.3 Å². The molecule has 1 N–H and O–H groups in total. The van der Waals surface area contributed by atoms with Crippen LogP contribution in [0.4, 0.5) is 5.00 Å². The molecule has 0 saturated heterocycles. The van der Waals surface area contributed by atoms with E-state index in [0.29, 0.717) is 40.0 Å². The molecule has 0 spiro atoms. The normalized spacial score (nSPS) is 17.8. The Morgan fingerprint density at radius 2 is 1.85 bits per heavy atom. The SMILES string of the molecule is COC(=O)c1c(NC(=O)C(C)OC(=O)c2c3c(nc4ccccc24)CCN(C(C)C)C3)sc2c1CCC(C)C2. The zero-order valence-electron chi connectivity index (χ0n) is 23.1. The second kappa shape index (κ2) is 11.1. The number of nitrogens with one attached hydrogen (secondary N) is 1. The topological polar surface area (TPSA) is 97.8 Å². The number of methoxy groups -OCH3 is 1. The van der Waals surface area contributed by atoms with Crippen molar-refractivity contribution in [2.75, 3.05) is 19.0 Å². The number of pyridine rings is 1. The molecule has 0 bridgehead atoms. The lowest BCUT2D eigenvalue weighted by molar-refractivity contribution is -0.123. The van der Waals surface area contributed by atoms with E-state index in [1.165, 1.54) is 18.4 Å². The van der Waals surface area contributed by atoms with Crippen LogP contribution in [0.5, 0.6) is 0 Å². The predicted octanol–water partition coefficient (Wildman–Crippen LogP) is 5.16. The maximum Gasteiger partial charge on any atom is 0.341 e. The minimum atomic E-state index is -1.08. The number of amides is 1. The van der Waals surface area contributed by atoms with Gasteiger partial charge in [-0.3, -0.25) is 14.7 Å². The fraction of sp³-hybridized carbons (Fsp3) is 0.467. The molecule has 2 unspecified atom stereocenters. The molecule has 5 rings (SSSR count). The minimum absolute atomic E-state index is 0.321. The molecule has 3 aromatic rings. The number of para-hydroxylation sites is 1. The first-order chi connectivity index (χ1) is 18.7. The summed E-state index contributed by atoms with van der Waals surface area (Å²) >= 11 is 1.41. The molecular weight excluding hydrogens is 514 g/mol. The van der Waals surface area contributed by atoms with Crippen molar-refractivity contribution in [2.24, 2.45) is 5.92 Å². The zero-order valence-corrected chi connectivity index (χ0v) is 23.9. The summed E-state index contributed by atoms with van der Waals surface area (Å²) in [6, 6.07) is 7.86. The largest absolute Gasteiger partial charge is 0.465 e. The first-order valence-corrected chi connectivity index (χ1v) is 14.4. The highest BCUT2D eigenvalue weighted by Crippen LogP contribution is 2.40. The Morgan fingerprint density at radius 3 is 2.59 bits per heavy atom. The van der Waals surface area contributed by atoms with Crippen molar-refractivity contribution in [2.45, 2.75) is 72.1 Å². The molecule has 0 saturated carbocycles. The van der Waals surface area contributed by atoms with Gasteiger partial charge in [-0.1, -0.05) is 25.1 Å². The van der Waals surface area contributed by atoms with Gasteiger partial charge in [0.05, 0.1) is 23.8 Å². The van der Waals surface area contributed by atoms with Crippen molar-refractivity contribution in [3.05, 3.63) is 57.1 Å². The van der Waals surface area contributed by atoms with Gasteiger partial charge in [-0.15, -0.1) is 11.3 Å². The molecule has 2 aliphatic rings. The van der Waals surface area contributed by atoms with Crippen LogP contribution in [-0.2, 0) is 40.1 Å². The van der Waals surface area contributed by atoms with Gasteiger partial charge in [-0.25, -0.2) is 9.59 Å². The number of thiophene rings is 1. The van der Waals surface area contributed by atoms with Gasteiger partial charge >= 0.3 is 11.9 Å². The number of carbonyl (C=O) groups excluding carboxylic acids is 3. The van der Waals surface area contributed by atoms with E-state index in [9.17, 15) is 14.4 Å². The molecule has 1 aromatic carbocycles. The summed E-state index contributed by atoms with van der Waals surface area (Å²) in [6.45, 7) is 9.47. The van der Waals surface area contributed by atoms with Gasteiger partial charge < -0.3 is 14.8 Å². The number of esters is 2. The van der Waals surface area contributed by atoms with Crippen LogP contribution in [0.25, 0.3) is 10.9 Å². The van der Waals surface area contributed by atoms with Crippen molar-refractivity contribution in [1.82, 2.24) is 9.88 Å². The summed E-state index contributed by atoms with van der Waals surface area (Å²) in [4.78, 5) is 47.8. The van der Waals surface area contributed by atoms with Crippen molar-refractivity contribution >= 4 is 45.1 Å². The van der Waals surface area contributed by atoms with E-state index in [1.54, 1.807) is 6.92 Å². The van der Waals surface area contributed by atoms with Crippen LogP contribution < -0.4 is 5.32 Å². The molecule has 1 aliphatic carbocycles. The van der Waals surface area contributed by atoms with E-state index >= 15 is 0 Å². The molecule has 39 heavy (non-hydrogen) atoms. The third-order valence-corrected chi connectivity index (χ3v) is 8.97. The second-order valence-electron chi connectivity index (χ2n) is 10.8. The van der Waals surface area contributed by atoms with Crippen LogP contribution in [0, 0.1) is 5.92 Å². The van der Waals surface area contributed by atoms with E-state index in [2.05, 4.69) is 31.0 Å². The highest BCUT2D eigenvalue weighted by molar-refractivity contribution is 7.17. The smallest absolute Gasteiger partial charge is 0.341 e. The summed E-state index contributed by atoms with van der Waals surface area (Å²) in [6.07, 6.45) is 2.28. The van der Waals surface area contributed by atoms with Gasteiger partial charge in [0.2, 0.25) is 0 Å². The van der Waals surface area contributed by atoms with Gasteiger partial charge in [-0.05, 0) is 57.6 Å². The maximum atomic E-state index is 13.7. The number of aromatic nitrogens is 1. The molecular formula is C30H35N3O5S. The summed E-state index contributed by atoms with van der Waals surface area (Å²) in [7, 11) is 1.34. The third-order valence-electron chi connectivity index (χ3n) is 7.80. The Morgan fingerprint density at radius 1 is 1.08 bits per heavy atom. The van der Waals surface area contributed by atoms with Crippen LogP contribution in [0.3, 0.4) is 0 Å². The lowest BCUT2D eigenvalue weighted by Gasteiger charge is -2.32. The number of fused-ring (bicyclic) bond motifs is 3. The van der Waals surface area contributed by atoms with Crippen LogP contribution in [0.1, 0.15) is 76.5 Å². The molecule has 8 nitrogen and oxygen atoms in total. The lowest BCUT2D eigenvalue weighted by atomic mass is 9.88. The van der Waals surface area contributed by atoms with Gasteiger partial charge in [-0.2, -0.15) is 0 Å². The van der Waals surface area contributed by atoms with E-state index in [0.717, 1.165) is 59.4 Å². The van der Waals surface area contributed by atoms with E-state index in [1.807, 2.05) is 24.3 Å². The number of rotatable bonds is 6. The molecule has 1 amide bonds. The van der Waals surface area contributed by atoms with Crippen LogP contribution >= 0.6 is 11.3 Å². The monoisotopic (exact) mass is 549 g/mol. The third kappa shape index (κ3) is 5.30. The van der Waals surface area contributed by atoms with E-state index < -0.39 is 23.9 Å². The summed E-state index contributed by atoms with van der Waals surface area (Å²) < 4.78 is 10.8. The Hall–Kier alpha value is -3.30. The van der Waals surface area contributed by atoms with E-state index in [4.69, 9.17) is 14.5 Å². The standard InChI is InChI=1S/C30H35N3O5S/c1-16(2)33-13-12-23-21(15-33)25(19-8-6-7-9-22(19)31-23)30(36)38-18(4)27(34)32-28-26(29(35)37-5)20-11-10-17(3)14-24(20)39-28/h6-9,16-18H,10-15H2,1-5H3,(H,32,34). The van der Waals surface area contributed by atoms with Gasteiger partial charge in [0.25, 0.3) is 5.91 Å². The molecule has 2 atom stereocenters. The van der Waals surface area contributed by atoms with Crippen LogP contribution in [0.2, 0.25) is 0 Å². The van der Waals surface area contributed by atoms with Crippen molar-refractivity contribution in [3.63, 3.8) is 0 Å². The highest BCUT2D eigenvalue weighted by Gasteiger charge is 2.32. The maximum absolute atomic E-state index is 13.7. The molecule has 2 aromatic heterocycles. The van der Waals surface area contributed by atoms with Crippen LogP contribution in [-0.4, -0.2) is 53.5 Å². The fourth-order valence-electron chi connectivity index (χ4n) is 5.53. The van der Waals surface area contributed by atoms with Gasteiger partial charge in [0, 0.05) is 47.1 Å². The summed E-state index contributed by atoms with van der Waals surface area (Å²) in [5.41, 5.74) is 4.33. The minimum Gasteiger partial charge on any atom is -0.465 e. The molecule has 9 heteroatoms. The van der Waals surface area contributed by atoms with Crippen molar-refractivity contribution in [1.29, 1.82) is 0 Å². The van der Waals surface area contributed by atoms with Gasteiger partial charge in [0.15, 0.2) is 6.10 Å². The lowest BCUT2D eigenvalue weighted by Crippen LogP contribution is -2.37. The first-order valence-electron chi connectivity index (χ1n) is 13.6. The average molecular weight is 550 g/mol. The number of ether oxygens (including phenoxy) is 2. The van der Waals surface area contributed by atoms with Crippen molar-refractivity contribution < 1.29 is 23.9 Å². The Labute approximate surface area is 232 Å². The molecule has 206 valence electrons. The van der Waals surface area contributed by atoms with Crippen molar-refractivity contribution in [3.8, 4) is 0 Å². The average Bonchev–Trinajstić information content (AvgIpc) is 3.27. The molecule has 3 heterocycles. The Balaban J connectivity index is 1.41. The van der Waals surface area contributed by atoms with E-state index in [-0.39, 0.29) is 0 Å². The molecule has 0 fully saturated rings. The number of hydrogen-bond acceptors (Lipinski definition) is 8. The number of benzene rings is 1.